The van der Waals surface area contributed by atoms with E-state index in [1.807, 2.05) is 0 Å². The molecule has 1 aliphatic carbocycles. The van der Waals surface area contributed by atoms with Crippen LogP contribution in [0, 0.1) is 0 Å². The summed E-state index contributed by atoms with van der Waals surface area (Å²) in [7, 11) is 0. The summed E-state index contributed by atoms with van der Waals surface area (Å²) < 4.78 is 0. The van der Waals surface area contributed by atoms with Crippen LogP contribution in [0.3, 0.4) is 0 Å². The lowest BCUT2D eigenvalue weighted by Gasteiger charge is -2.29. The minimum absolute atomic E-state index is 0.0200. The number of nitrogens with two attached hydrogens (primary N) is 1. The van der Waals surface area contributed by atoms with E-state index in [0.717, 1.165) is 25.7 Å². The molecule has 1 fully saturated rings. The molecular weight excluding hydrogens is 284 g/mol. The number of hydrogen-bond acceptors (Lipinski definition) is 5. The molecule has 0 unspecified atom stereocenters. The van der Waals surface area contributed by atoms with E-state index < -0.39 is 0 Å². The Morgan fingerprint density at radius 1 is 1.23 bits per heavy atom. The molecule has 0 radical (unpaired) electrons. The largest absolute Gasteiger partial charge is 0.505 e. The molecule has 0 aromatic carbocycles. The van der Waals surface area contributed by atoms with Crippen molar-refractivity contribution in [2.75, 3.05) is 6.54 Å². The number of amides is 2. The average Bonchev–Trinajstić information content (AvgIpc) is 2.50. The summed E-state index contributed by atoms with van der Waals surface area (Å²) in [5.74, 6) is -0.509. The molecule has 0 saturated heterocycles. The van der Waals surface area contributed by atoms with Crippen molar-refractivity contribution in [2.45, 2.75) is 44.2 Å². The molecule has 1 saturated carbocycles. The Bertz CT molecular complexity index is 527. The number of nitrogens with one attached hydrogen (secondary N) is 2. The summed E-state index contributed by atoms with van der Waals surface area (Å²) in [6.07, 6.45) is 5.01. The van der Waals surface area contributed by atoms with Gasteiger partial charge < -0.3 is 21.5 Å². The molecule has 5 N–H and O–H groups in total. The molecule has 22 heavy (non-hydrogen) atoms. The average molecular weight is 306 g/mol. The Morgan fingerprint density at radius 3 is 2.45 bits per heavy atom. The van der Waals surface area contributed by atoms with Gasteiger partial charge in [-0.25, -0.2) is 4.98 Å². The summed E-state index contributed by atoms with van der Waals surface area (Å²) in [6.45, 7) is 0.352. The second kappa shape index (κ2) is 7.74. The molecule has 7 heteroatoms. The van der Waals surface area contributed by atoms with Gasteiger partial charge in [0.05, 0.1) is 0 Å². The fourth-order valence-corrected chi connectivity index (χ4v) is 2.64. The first-order valence-corrected chi connectivity index (χ1v) is 7.54. The Morgan fingerprint density at radius 2 is 1.86 bits per heavy atom. The van der Waals surface area contributed by atoms with E-state index in [1.54, 1.807) is 6.07 Å². The maximum atomic E-state index is 12.1. The molecule has 0 atom stereocenters. The van der Waals surface area contributed by atoms with Gasteiger partial charge in [-0.3, -0.25) is 9.59 Å². The van der Waals surface area contributed by atoms with Crippen LogP contribution in [0.1, 0.15) is 42.6 Å². The summed E-state index contributed by atoms with van der Waals surface area (Å²) in [5.41, 5.74) is 5.39. The zero-order valence-electron chi connectivity index (χ0n) is 12.4. The van der Waals surface area contributed by atoms with E-state index in [0.29, 0.717) is 13.0 Å². The molecule has 0 spiro atoms. The van der Waals surface area contributed by atoms with E-state index in [2.05, 4.69) is 15.6 Å². The fraction of sp³-hybridized carbons (Fsp3) is 0.533. The SMILES string of the molecule is NCCC(=O)NC1CCC(NC(=O)c2ncccc2O)CC1. The van der Waals surface area contributed by atoms with Gasteiger partial charge in [-0.1, -0.05) is 0 Å². The van der Waals surface area contributed by atoms with Gasteiger partial charge in [0.15, 0.2) is 5.69 Å². The van der Waals surface area contributed by atoms with Crippen LogP contribution in [0.5, 0.6) is 5.75 Å². The summed E-state index contributed by atoms with van der Waals surface area (Å²) >= 11 is 0. The first-order chi connectivity index (χ1) is 10.6. The Kier molecular flexibility index (Phi) is 5.71. The predicted octanol–water partition coefficient (Wildman–Crippen LogP) is 0.293. The van der Waals surface area contributed by atoms with Crippen LogP contribution in [0.4, 0.5) is 0 Å². The predicted molar refractivity (Wildman–Crippen MR) is 81.2 cm³/mol. The molecule has 1 aliphatic rings. The van der Waals surface area contributed by atoms with Crippen molar-refractivity contribution in [3.05, 3.63) is 24.0 Å². The van der Waals surface area contributed by atoms with Gasteiger partial charge in [0.1, 0.15) is 5.75 Å². The normalized spacial score (nSPS) is 21.1. The van der Waals surface area contributed by atoms with Crippen molar-refractivity contribution in [1.82, 2.24) is 15.6 Å². The van der Waals surface area contributed by atoms with E-state index in [4.69, 9.17) is 5.73 Å². The number of nitrogens with zero attached hydrogens (tertiary/aromatic N) is 1. The van der Waals surface area contributed by atoms with Gasteiger partial charge >= 0.3 is 0 Å². The fourth-order valence-electron chi connectivity index (χ4n) is 2.64. The third-order valence-electron chi connectivity index (χ3n) is 3.80. The quantitative estimate of drug-likeness (QED) is 0.624. The first kappa shape index (κ1) is 16.2. The highest BCUT2D eigenvalue weighted by Gasteiger charge is 2.24. The first-order valence-electron chi connectivity index (χ1n) is 7.54. The Labute approximate surface area is 129 Å². The third kappa shape index (κ3) is 4.42. The lowest BCUT2D eigenvalue weighted by atomic mass is 9.91. The molecule has 0 bridgehead atoms. The second-order valence-corrected chi connectivity index (χ2v) is 5.50. The topological polar surface area (TPSA) is 117 Å². The summed E-state index contributed by atoms with van der Waals surface area (Å²) in [6, 6.07) is 3.19. The summed E-state index contributed by atoms with van der Waals surface area (Å²) in [5, 5.41) is 15.5. The maximum absolute atomic E-state index is 12.1. The Hall–Kier alpha value is -2.15. The number of hydrogen-bond donors (Lipinski definition) is 4. The van der Waals surface area contributed by atoms with Gasteiger partial charge in [-0.05, 0) is 37.8 Å². The van der Waals surface area contributed by atoms with Crippen LogP contribution in [0.25, 0.3) is 0 Å². The van der Waals surface area contributed by atoms with Gasteiger partial charge in [-0.15, -0.1) is 0 Å². The van der Waals surface area contributed by atoms with Crippen molar-refractivity contribution >= 4 is 11.8 Å². The third-order valence-corrected chi connectivity index (χ3v) is 3.80. The molecule has 1 aromatic heterocycles. The summed E-state index contributed by atoms with van der Waals surface area (Å²) in [4.78, 5) is 27.4. The highest BCUT2D eigenvalue weighted by Crippen LogP contribution is 2.20. The van der Waals surface area contributed by atoms with Crippen LogP contribution in [-0.2, 0) is 4.79 Å². The number of carbonyl (C=O) groups excluding carboxylic acids is 2. The van der Waals surface area contributed by atoms with Crippen LogP contribution >= 0.6 is 0 Å². The molecule has 1 heterocycles. The van der Waals surface area contributed by atoms with Gasteiger partial charge in [0, 0.05) is 31.2 Å². The van der Waals surface area contributed by atoms with Crippen molar-refractivity contribution in [2.24, 2.45) is 5.73 Å². The number of rotatable bonds is 5. The van der Waals surface area contributed by atoms with E-state index in [-0.39, 0.29) is 35.3 Å². The minimum Gasteiger partial charge on any atom is -0.505 e. The Balaban J connectivity index is 1.79. The van der Waals surface area contributed by atoms with Crippen LogP contribution in [0.15, 0.2) is 18.3 Å². The van der Waals surface area contributed by atoms with Crippen LogP contribution in [0.2, 0.25) is 0 Å². The highest BCUT2D eigenvalue weighted by molar-refractivity contribution is 5.94. The molecule has 120 valence electrons. The van der Waals surface area contributed by atoms with Crippen molar-refractivity contribution in [3.63, 3.8) is 0 Å². The van der Waals surface area contributed by atoms with E-state index in [9.17, 15) is 14.7 Å². The molecule has 2 amide bonds. The number of aromatic nitrogens is 1. The van der Waals surface area contributed by atoms with E-state index in [1.165, 1.54) is 12.3 Å². The highest BCUT2D eigenvalue weighted by atomic mass is 16.3. The molecule has 0 aliphatic heterocycles. The lowest BCUT2D eigenvalue weighted by molar-refractivity contribution is -0.121. The second-order valence-electron chi connectivity index (χ2n) is 5.50. The molecule has 7 nitrogen and oxygen atoms in total. The standard InChI is InChI=1S/C15H22N4O3/c16-8-7-13(21)18-10-3-5-11(6-4-10)19-15(22)14-12(20)2-1-9-17-14/h1-2,9-11,20H,3-8,16H2,(H,18,21)(H,19,22). The monoisotopic (exact) mass is 306 g/mol. The molecule has 2 rings (SSSR count). The van der Waals surface area contributed by atoms with Crippen molar-refractivity contribution in [1.29, 1.82) is 0 Å². The zero-order chi connectivity index (χ0) is 15.9. The molecular formula is C15H22N4O3. The number of aromatic hydroxyl groups is 1. The van der Waals surface area contributed by atoms with Gasteiger partial charge in [-0.2, -0.15) is 0 Å². The number of carbonyl (C=O) groups is 2. The van der Waals surface area contributed by atoms with Crippen molar-refractivity contribution in [3.8, 4) is 5.75 Å². The molecule has 1 aromatic rings. The maximum Gasteiger partial charge on any atom is 0.273 e. The zero-order valence-corrected chi connectivity index (χ0v) is 12.4. The number of pyridine rings is 1. The lowest BCUT2D eigenvalue weighted by Crippen LogP contribution is -2.44. The smallest absolute Gasteiger partial charge is 0.273 e. The van der Waals surface area contributed by atoms with Crippen LogP contribution in [-0.4, -0.2) is 40.5 Å². The van der Waals surface area contributed by atoms with Crippen molar-refractivity contribution < 1.29 is 14.7 Å². The van der Waals surface area contributed by atoms with Gasteiger partial charge in [0.2, 0.25) is 5.91 Å². The van der Waals surface area contributed by atoms with Crippen LogP contribution < -0.4 is 16.4 Å². The minimum atomic E-state index is -0.367. The van der Waals surface area contributed by atoms with E-state index >= 15 is 0 Å². The van der Waals surface area contributed by atoms with Gasteiger partial charge in [0.25, 0.3) is 5.91 Å².